The molecule has 1 saturated carbocycles. The third kappa shape index (κ3) is 4.76. The zero-order valence-electron chi connectivity index (χ0n) is 16.2. The van der Waals surface area contributed by atoms with E-state index >= 15 is 0 Å². The summed E-state index contributed by atoms with van der Waals surface area (Å²) in [5.74, 6) is 0.145. The van der Waals surface area contributed by atoms with Crippen LogP contribution < -0.4 is 0 Å². The molecule has 27 heavy (non-hydrogen) atoms. The van der Waals surface area contributed by atoms with Gasteiger partial charge in [0.1, 0.15) is 5.82 Å². The van der Waals surface area contributed by atoms with E-state index in [1.54, 1.807) is 0 Å². The van der Waals surface area contributed by atoms with Gasteiger partial charge in [0.15, 0.2) is 0 Å². The fraction of sp³-hybridized carbons (Fsp3) is 0.458. The summed E-state index contributed by atoms with van der Waals surface area (Å²) >= 11 is 0. The second-order valence-electron chi connectivity index (χ2n) is 7.90. The summed E-state index contributed by atoms with van der Waals surface area (Å²) < 4.78 is 13.4. The number of hydrogen-bond acceptors (Lipinski definition) is 2. The van der Waals surface area contributed by atoms with Gasteiger partial charge in [0.05, 0.1) is 11.5 Å². The van der Waals surface area contributed by atoms with Gasteiger partial charge >= 0.3 is 0 Å². The first-order valence-electron chi connectivity index (χ1n) is 10.0. The first-order valence-corrected chi connectivity index (χ1v) is 10.0. The molecular weight excluding hydrogens is 335 g/mol. The molecule has 0 aromatic heterocycles. The van der Waals surface area contributed by atoms with Crippen LogP contribution in [0.3, 0.4) is 0 Å². The van der Waals surface area contributed by atoms with Gasteiger partial charge in [0.25, 0.3) is 0 Å². The molecule has 1 fully saturated rings. The largest absolute Gasteiger partial charge is 0.302 e. The summed E-state index contributed by atoms with van der Waals surface area (Å²) in [7, 11) is 2.13. The quantitative estimate of drug-likeness (QED) is 0.602. The van der Waals surface area contributed by atoms with Crippen molar-refractivity contribution >= 4 is 0 Å². The molecule has 0 amide bonds. The molecule has 1 atom stereocenters. The van der Waals surface area contributed by atoms with Crippen molar-refractivity contribution < 1.29 is 4.39 Å². The molecule has 2 aromatic carbocycles. The minimum Gasteiger partial charge on any atom is -0.302 e. The second-order valence-corrected chi connectivity index (χ2v) is 7.90. The van der Waals surface area contributed by atoms with Crippen molar-refractivity contribution in [2.75, 3.05) is 13.6 Å². The Hall–Kier alpha value is -2.18. The highest BCUT2D eigenvalue weighted by Gasteiger charge is 2.41. The van der Waals surface area contributed by atoms with Crippen LogP contribution >= 0.6 is 0 Å². The summed E-state index contributed by atoms with van der Waals surface area (Å²) in [4.78, 5) is 2.32. The lowest BCUT2D eigenvalue weighted by Gasteiger charge is -2.34. The predicted octanol–water partition coefficient (Wildman–Crippen LogP) is 5.69. The van der Waals surface area contributed by atoms with Crippen molar-refractivity contribution in [2.45, 2.75) is 50.5 Å². The van der Waals surface area contributed by atoms with Crippen LogP contribution in [0.15, 0.2) is 54.6 Å². The van der Waals surface area contributed by atoms with Crippen LogP contribution in [0.4, 0.5) is 4.39 Å². The molecule has 0 saturated heterocycles. The zero-order valence-corrected chi connectivity index (χ0v) is 16.2. The molecule has 3 rings (SSSR count). The van der Waals surface area contributed by atoms with Gasteiger partial charge in [-0.1, -0.05) is 55.3 Å². The Kier molecular flexibility index (Phi) is 6.63. The van der Waals surface area contributed by atoms with Gasteiger partial charge in [0, 0.05) is 6.54 Å². The standard InChI is InChI=1S/C24H29FN2/c1-27(18-20-8-3-2-4-9-20)17-7-16-24(19-26,21-10-5-6-11-21)22-12-14-23(25)15-13-22/h2-4,8-9,12-15,21H,5-7,10-11,16-18H2,1H3. The molecule has 0 heterocycles. The summed E-state index contributed by atoms with van der Waals surface area (Å²) in [5.41, 5.74) is 1.81. The topological polar surface area (TPSA) is 27.0 Å². The average Bonchev–Trinajstić information content (AvgIpc) is 3.22. The van der Waals surface area contributed by atoms with Crippen molar-refractivity contribution in [3.63, 3.8) is 0 Å². The number of rotatable bonds is 8. The smallest absolute Gasteiger partial charge is 0.123 e. The van der Waals surface area contributed by atoms with Crippen LogP contribution in [0.2, 0.25) is 0 Å². The number of nitrogens with zero attached hydrogens (tertiary/aromatic N) is 2. The van der Waals surface area contributed by atoms with E-state index < -0.39 is 5.41 Å². The zero-order chi connectivity index (χ0) is 19.1. The van der Waals surface area contributed by atoms with Crippen molar-refractivity contribution in [3.8, 4) is 6.07 Å². The Morgan fingerprint density at radius 1 is 1.07 bits per heavy atom. The normalized spacial score (nSPS) is 17.0. The van der Waals surface area contributed by atoms with Gasteiger partial charge in [-0.3, -0.25) is 0 Å². The number of nitriles is 1. The Morgan fingerprint density at radius 2 is 1.74 bits per heavy atom. The van der Waals surface area contributed by atoms with E-state index in [4.69, 9.17) is 0 Å². The van der Waals surface area contributed by atoms with Gasteiger partial charge in [0.2, 0.25) is 0 Å². The molecule has 0 spiro atoms. The van der Waals surface area contributed by atoms with Crippen molar-refractivity contribution in [1.29, 1.82) is 5.26 Å². The van der Waals surface area contributed by atoms with Crippen molar-refractivity contribution in [2.24, 2.45) is 5.92 Å². The first kappa shape index (κ1) is 19.6. The number of halogens is 1. The summed E-state index contributed by atoms with van der Waals surface area (Å²) in [6, 6.07) is 19.8. The van der Waals surface area contributed by atoms with E-state index in [-0.39, 0.29) is 5.82 Å². The molecule has 1 aliphatic carbocycles. The fourth-order valence-electron chi connectivity index (χ4n) is 4.56. The molecule has 0 aliphatic heterocycles. The summed E-state index contributed by atoms with van der Waals surface area (Å²) in [6.45, 7) is 1.87. The Morgan fingerprint density at radius 3 is 2.37 bits per heavy atom. The number of benzene rings is 2. The van der Waals surface area contributed by atoms with E-state index in [1.807, 2.05) is 18.2 Å². The number of hydrogen-bond donors (Lipinski definition) is 0. The molecule has 2 nitrogen and oxygen atoms in total. The van der Waals surface area contributed by atoms with E-state index in [9.17, 15) is 9.65 Å². The average molecular weight is 365 g/mol. The van der Waals surface area contributed by atoms with Crippen LogP contribution in [0, 0.1) is 23.1 Å². The lowest BCUT2D eigenvalue weighted by atomic mass is 9.67. The Bertz CT molecular complexity index is 744. The van der Waals surface area contributed by atoms with Crippen LogP contribution in [0.25, 0.3) is 0 Å². The Balaban J connectivity index is 1.68. The van der Waals surface area contributed by atoms with Gasteiger partial charge in [-0.05, 0) is 68.5 Å². The molecule has 0 N–H and O–H groups in total. The molecule has 0 radical (unpaired) electrons. The highest BCUT2D eigenvalue weighted by atomic mass is 19.1. The summed E-state index contributed by atoms with van der Waals surface area (Å²) in [5, 5.41) is 10.2. The summed E-state index contributed by atoms with van der Waals surface area (Å²) in [6.07, 6.45) is 6.39. The Labute approximate surface area is 162 Å². The van der Waals surface area contributed by atoms with Gasteiger partial charge in [-0.2, -0.15) is 5.26 Å². The van der Waals surface area contributed by atoms with Crippen molar-refractivity contribution in [1.82, 2.24) is 4.90 Å². The predicted molar refractivity (Wildman–Crippen MR) is 108 cm³/mol. The maximum Gasteiger partial charge on any atom is 0.123 e. The molecule has 1 aliphatic rings. The van der Waals surface area contributed by atoms with Crippen LogP contribution in [-0.4, -0.2) is 18.5 Å². The third-order valence-corrected chi connectivity index (χ3v) is 6.02. The fourth-order valence-corrected chi connectivity index (χ4v) is 4.56. The molecular formula is C24H29FN2. The monoisotopic (exact) mass is 364 g/mol. The van der Waals surface area contributed by atoms with E-state index in [0.717, 1.165) is 44.3 Å². The van der Waals surface area contributed by atoms with Gasteiger partial charge in [-0.25, -0.2) is 4.39 Å². The van der Waals surface area contributed by atoms with E-state index in [1.165, 1.54) is 30.5 Å². The molecule has 3 heteroatoms. The van der Waals surface area contributed by atoms with Crippen LogP contribution in [0.5, 0.6) is 0 Å². The van der Waals surface area contributed by atoms with E-state index in [0.29, 0.717) is 5.92 Å². The highest BCUT2D eigenvalue weighted by Crippen LogP contribution is 2.45. The second kappa shape index (κ2) is 9.15. The molecule has 142 valence electrons. The van der Waals surface area contributed by atoms with E-state index in [2.05, 4.69) is 42.3 Å². The lowest BCUT2D eigenvalue weighted by Crippen LogP contribution is -2.34. The molecule has 0 bridgehead atoms. The minimum absolute atomic E-state index is 0.236. The van der Waals surface area contributed by atoms with Gasteiger partial charge in [-0.15, -0.1) is 0 Å². The van der Waals surface area contributed by atoms with Crippen LogP contribution in [-0.2, 0) is 12.0 Å². The maximum atomic E-state index is 13.4. The SMILES string of the molecule is CN(CCCC(C#N)(c1ccc(F)cc1)C1CCCC1)Cc1ccccc1. The van der Waals surface area contributed by atoms with Crippen LogP contribution in [0.1, 0.15) is 49.7 Å². The minimum atomic E-state index is -0.488. The van der Waals surface area contributed by atoms with Gasteiger partial charge < -0.3 is 4.90 Å². The first-order chi connectivity index (χ1) is 13.1. The maximum absolute atomic E-state index is 13.4. The molecule has 2 aromatic rings. The lowest BCUT2D eigenvalue weighted by molar-refractivity contribution is 0.272. The molecule has 1 unspecified atom stereocenters. The third-order valence-electron chi connectivity index (χ3n) is 6.02. The van der Waals surface area contributed by atoms with Crippen molar-refractivity contribution in [3.05, 3.63) is 71.5 Å². The highest BCUT2D eigenvalue weighted by molar-refractivity contribution is 5.34.